The van der Waals surface area contributed by atoms with Crippen LogP contribution in [-0.2, 0) is 16.0 Å². The van der Waals surface area contributed by atoms with Crippen molar-refractivity contribution >= 4 is 5.97 Å². The minimum Gasteiger partial charge on any atom is -0.436 e. The number of hydrogen-bond acceptors (Lipinski definition) is 3. The van der Waals surface area contributed by atoms with Crippen LogP contribution in [0.1, 0.15) is 12.5 Å². The Labute approximate surface area is 77.0 Å². The van der Waals surface area contributed by atoms with Crippen molar-refractivity contribution in [1.82, 2.24) is 0 Å². The van der Waals surface area contributed by atoms with Gasteiger partial charge in [-0.05, 0) is 12.5 Å². The number of carbonyl (C=O) groups excluding carboxylic acids is 1. The van der Waals surface area contributed by atoms with Crippen molar-refractivity contribution in [2.45, 2.75) is 19.6 Å². The molecular formula is C10H12O3. The molecule has 0 aliphatic heterocycles. The fourth-order valence-electron chi connectivity index (χ4n) is 0.994. The minimum absolute atomic E-state index is 0.200. The van der Waals surface area contributed by atoms with Crippen LogP contribution in [0.15, 0.2) is 30.3 Å². The molecule has 1 aromatic rings. The summed E-state index contributed by atoms with van der Waals surface area (Å²) in [5.41, 5.74) is 0.883. The normalized spacial score (nSPS) is 12.2. The third-order valence-corrected chi connectivity index (χ3v) is 1.49. The molecule has 13 heavy (non-hydrogen) atoms. The molecule has 0 bridgehead atoms. The minimum atomic E-state index is -1.03. The molecule has 1 aromatic carbocycles. The van der Waals surface area contributed by atoms with Crippen LogP contribution >= 0.6 is 0 Å². The van der Waals surface area contributed by atoms with Gasteiger partial charge in [-0.1, -0.05) is 30.3 Å². The lowest BCUT2D eigenvalue weighted by atomic mass is 10.2. The standard InChI is InChI=1S/C10H12O3/c1-8(11)13-10(12)7-9-5-3-2-4-6-9/h2-6,8,11H,7H2,1H3. The number of benzene rings is 1. The van der Waals surface area contributed by atoms with E-state index < -0.39 is 12.3 Å². The quantitative estimate of drug-likeness (QED) is 0.560. The van der Waals surface area contributed by atoms with Crippen molar-refractivity contribution < 1.29 is 14.6 Å². The van der Waals surface area contributed by atoms with Crippen LogP contribution in [0.3, 0.4) is 0 Å². The first-order chi connectivity index (χ1) is 6.18. The van der Waals surface area contributed by atoms with E-state index in [1.807, 2.05) is 30.3 Å². The second-order valence-electron chi connectivity index (χ2n) is 2.75. The van der Waals surface area contributed by atoms with E-state index >= 15 is 0 Å². The van der Waals surface area contributed by atoms with Gasteiger partial charge in [0, 0.05) is 0 Å². The fourth-order valence-corrected chi connectivity index (χ4v) is 0.994. The van der Waals surface area contributed by atoms with Gasteiger partial charge in [0.2, 0.25) is 0 Å². The lowest BCUT2D eigenvalue weighted by Gasteiger charge is -2.06. The van der Waals surface area contributed by atoms with Gasteiger partial charge >= 0.3 is 5.97 Å². The highest BCUT2D eigenvalue weighted by molar-refractivity contribution is 5.72. The molecule has 3 nitrogen and oxygen atoms in total. The molecule has 1 atom stereocenters. The topological polar surface area (TPSA) is 46.5 Å². The van der Waals surface area contributed by atoms with Crippen LogP contribution in [0, 0.1) is 0 Å². The maximum atomic E-state index is 11.0. The first-order valence-corrected chi connectivity index (χ1v) is 4.10. The molecule has 0 aromatic heterocycles. The van der Waals surface area contributed by atoms with E-state index in [2.05, 4.69) is 4.74 Å². The highest BCUT2D eigenvalue weighted by Gasteiger charge is 2.06. The predicted octanol–water partition coefficient (Wildman–Crippen LogP) is 1.11. The summed E-state index contributed by atoms with van der Waals surface area (Å²) < 4.78 is 4.57. The van der Waals surface area contributed by atoms with Gasteiger partial charge in [0.15, 0.2) is 6.29 Å². The summed E-state index contributed by atoms with van der Waals surface area (Å²) in [6, 6.07) is 9.26. The predicted molar refractivity (Wildman–Crippen MR) is 47.9 cm³/mol. The lowest BCUT2D eigenvalue weighted by Crippen LogP contribution is -2.15. The van der Waals surface area contributed by atoms with Gasteiger partial charge in [0.25, 0.3) is 0 Å². The van der Waals surface area contributed by atoms with E-state index in [0.717, 1.165) is 5.56 Å². The Hall–Kier alpha value is -1.35. The fraction of sp³-hybridized carbons (Fsp3) is 0.300. The first-order valence-electron chi connectivity index (χ1n) is 4.10. The molecule has 1 rings (SSSR count). The Morgan fingerprint density at radius 1 is 1.46 bits per heavy atom. The van der Waals surface area contributed by atoms with Gasteiger partial charge < -0.3 is 9.84 Å². The van der Waals surface area contributed by atoms with Crippen molar-refractivity contribution in [3.8, 4) is 0 Å². The monoisotopic (exact) mass is 180 g/mol. The summed E-state index contributed by atoms with van der Waals surface area (Å²) in [7, 11) is 0. The summed E-state index contributed by atoms with van der Waals surface area (Å²) in [4.78, 5) is 11.0. The van der Waals surface area contributed by atoms with Crippen molar-refractivity contribution in [2.24, 2.45) is 0 Å². The number of ether oxygens (including phenoxy) is 1. The van der Waals surface area contributed by atoms with E-state index in [0.29, 0.717) is 0 Å². The highest BCUT2D eigenvalue weighted by atomic mass is 16.6. The number of aliphatic hydroxyl groups is 1. The van der Waals surface area contributed by atoms with E-state index in [1.54, 1.807) is 0 Å². The molecule has 1 N–H and O–H groups in total. The smallest absolute Gasteiger partial charge is 0.312 e. The number of carbonyl (C=O) groups is 1. The third-order valence-electron chi connectivity index (χ3n) is 1.49. The molecule has 3 heteroatoms. The molecule has 0 spiro atoms. The van der Waals surface area contributed by atoms with Crippen LogP contribution in [0.4, 0.5) is 0 Å². The molecule has 0 radical (unpaired) electrons. The zero-order chi connectivity index (χ0) is 9.68. The second kappa shape index (κ2) is 4.62. The molecule has 0 fully saturated rings. The van der Waals surface area contributed by atoms with Gasteiger partial charge in [0.1, 0.15) is 0 Å². The molecule has 0 aliphatic carbocycles. The van der Waals surface area contributed by atoms with Crippen LogP contribution in [0.5, 0.6) is 0 Å². The molecule has 0 amide bonds. The Morgan fingerprint density at radius 2 is 2.08 bits per heavy atom. The Kier molecular flexibility index (Phi) is 3.46. The maximum absolute atomic E-state index is 11.0. The summed E-state index contributed by atoms with van der Waals surface area (Å²) in [6.07, 6.45) is -0.831. The van der Waals surface area contributed by atoms with Gasteiger partial charge in [-0.2, -0.15) is 0 Å². The number of esters is 1. The molecular weight excluding hydrogens is 168 g/mol. The van der Waals surface area contributed by atoms with E-state index in [1.165, 1.54) is 6.92 Å². The zero-order valence-electron chi connectivity index (χ0n) is 7.43. The summed E-state index contributed by atoms with van der Waals surface area (Å²) in [5, 5.41) is 8.76. The summed E-state index contributed by atoms with van der Waals surface area (Å²) in [5.74, 6) is -0.416. The van der Waals surface area contributed by atoms with Gasteiger partial charge in [-0.25, -0.2) is 0 Å². The van der Waals surface area contributed by atoms with Gasteiger partial charge in [-0.3, -0.25) is 4.79 Å². The number of hydrogen-bond donors (Lipinski definition) is 1. The Bertz CT molecular complexity index is 267. The maximum Gasteiger partial charge on any atom is 0.312 e. The van der Waals surface area contributed by atoms with Crippen LogP contribution in [-0.4, -0.2) is 17.4 Å². The molecule has 0 aliphatic rings. The Morgan fingerprint density at radius 3 is 2.62 bits per heavy atom. The van der Waals surface area contributed by atoms with Crippen molar-refractivity contribution in [3.63, 3.8) is 0 Å². The van der Waals surface area contributed by atoms with Crippen molar-refractivity contribution in [2.75, 3.05) is 0 Å². The number of aliphatic hydroxyl groups excluding tert-OH is 1. The van der Waals surface area contributed by atoms with Gasteiger partial charge in [0.05, 0.1) is 6.42 Å². The lowest BCUT2D eigenvalue weighted by molar-refractivity contribution is -0.163. The first kappa shape index (κ1) is 9.74. The number of rotatable bonds is 3. The molecule has 70 valence electrons. The average Bonchev–Trinajstić information content (AvgIpc) is 2.04. The average molecular weight is 180 g/mol. The van der Waals surface area contributed by atoms with Crippen LogP contribution < -0.4 is 0 Å². The molecule has 1 unspecified atom stereocenters. The van der Waals surface area contributed by atoms with Crippen LogP contribution in [0.25, 0.3) is 0 Å². The van der Waals surface area contributed by atoms with Gasteiger partial charge in [-0.15, -0.1) is 0 Å². The third kappa shape index (κ3) is 3.71. The van der Waals surface area contributed by atoms with Crippen molar-refractivity contribution in [1.29, 1.82) is 0 Å². The SMILES string of the molecule is CC(O)OC(=O)Cc1ccccc1. The molecule has 0 saturated carbocycles. The van der Waals surface area contributed by atoms with E-state index in [-0.39, 0.29) is 6.42 Å². The largest absolute Gasteiger partial charge is 0.436 e. The van der Waals surface area contributed by atoms with Crippen molar-refractivity contribution in [3.05, 3.63) is 35.9 Å². The summed E-state index contributed by atoms with van der Waals surface area (Å²) >= 11 is 0. The summed E-state index contributed by atoms with van der Waals surface area (Å²) in [6.45, 7) is 1.41. The highest BCUT2D eigenvalue weighted by Crippen LogP contribution is 2.01. The van der Waals surface area contributed by atoms with Crippen LogP contribution in [0.2, 0.25) is 0 Å². The molecule has 0 saturated heterocycles. The van der Waals surface area contributed by atoms with E-state index in [9.17, 15) is 4.79 Å². The second-order valence-corrected chi connectivity index (χ2v) is 2.75. The Balaban J connectivity index is 2.46. The van der Waals surface area contributed by atoms with E-state index in [4.69, 9.17) is 5.11 Å². The molecule has 0 heterocycles. The zero-order valence-corrected chi connectivity index (χ0v) is 7.43.